The Hall–Kier alpha value is -3.20. The molecule has 0 unspecified atom stereocenters. The number of nitrogens with two attached hydrogens (primary N) is 2. The third-order valence-electron chi connectivity index (χ3n) is 5.29. The topological polar surface area (TPSA) is 145 Å². The molecule has 2 heterocycles. The van der Waals surface area contributed by atoms with Crippen molar-refractivity contribution in [2.45, 2.75) is 44.2 Å². The minimum Gasteiger partial charge on any atom is -0.485 e. The van der Waals surface area contributed by atoms with Crippen molar-refractivity contribution in [3.63, 3.8) is 0 Å². The molecular formula is C20H24N6O3. The number of hydrogen-bond donors (Lipinski definition) is 4. The number of aromatic nitrogens is 2. The van der Waals surface area contributed by atoms with Crippen LogP contribution in [0.25, 0.3) is 0 Å². The lowest BCUT2D eigenvalue weighted by atomic mass is 9.91. The van der Waals surface area contributed by atoms with E-state index in [1.807, 2.05) is 6.07 Å². The first-order valence-corrected chi connectivity index (χ1v) is 9.73. The summed E-state index contributed by atoms with van der Waals surface area (Å²) in [7, 11) is 0. The second-order valence-electron chi connectivity index (χ2n) is 7.47. The first-order chi connectivity index (χ1) is 14.0. The second kappa shape index (κ2) is 8.04. The van der Waals surface area contributed by atoms with Gasteiger partial charge in [-0.15, -0.1) is 0 Å². The Balaban J connectivity index is 1.58. The highest BCUT2D eigenvalue weighted by molar-refractivity contribution is 5.98. The number of nitrogens with one attached hydrogen (secondary N) is 2. The van der Waals surface area contributed by atoms with Crippen molar-refractivity contribution < 1.29 is 14.3 Å². The van der Waals surface area contributed by atoms with Crippen molar-refractivity contribution in [3.05, 3.63) is 35.5 Å². The number of Topliss-reactive ketones (excluding diaryl/α,β-unsaturated/α-hetero) is 1. The van der Waals surface area contributed by atoms with Gasteiger partial charge in [0.15, 0.2) is 5.78 Å². The molecule has 2 aromatic rings. The summed E-state index contributed by atoms with van der Waals surface area (Å²) in [5, 5.41) is 6.39. The quantitative estimate of drug-likeness (QED) is 0.595. The van der Waals surface area contributed by atoms with Crippen molar-refractivity contribution in [1.29, 1.82) is 0 Å². The average molecular weight is 396 g/mol. The maximum Gasteiger partial charge on any atom is 0.254 e. The van der Waals surface area contributed by atoms with Gasteiger partial charge in [-0.3, -0.25) is 9.59 Å². The second-order valence-corrected chi connectivity index (χ2v) is 7.47. The van der Waals surface area contributed by atoms with Gasteiger partial charge in [0.2, 0.25) is 5.95 Å². The van der Waals surface area contributed by atoms with Gasteiger partial charge < -0.3 is 26.8 Å². The number of primary amides is 1. The van der Waals surface area contributed by atoms with Crippen molar-refractivity contribution >= 4 is 29.1 Å². The van der Waals surface area contributed by atoms with Gasteiger partial charge in [-0.2, -0.15) is 4.98 Å². The summed E-state index contributed by atoms with van der Waals surface area (Å²) in [6.07, 6.45) is 5.89. The monoisotopic (exact) mass is 396 g/mol. The van der Waals surface area contributed by atoms with Crippen LogP contribution in [-0.4, -0.2) is 40.3 Å². The van der Waals surface area contributed by atoms with E-state index in [-0.39, 0.29) is 30.0 Å². The number of nitrogens with zero attached hydrogens (tertiary/aromatic N) is 2. The number of amides is 1. The zero-order chi connectivity index (χ0) is 20.4. The van der Waals surface area contributed by atoms with Gasteiger partial charge in [0.05, 0.1) is 0 Å². The Bertz CT molecular complexity index is 948. The number of carbonyl (C=O) groups excluding carboxylic acids is 2. The van der Waals surface area contributed by atoms with E-state index in [0.717, 1.165) is 31.2 Å². The predicted octanol–water partition coefficient (Wildman–Crippen LogP) is 1.50. The van der Waals surface area contributed by atoms with Crippen LogP contribution in [0.3, 0.4) is 0 Å². The van der Waals surface area contributed by atoms with Gasteiger partial charge >= 0.3 is 0 Å². The highest BCUT2D eigenvalue weighted by Gasteiger charge is 2.23. The smallest absolute Gasteiger partial charge is 0.254 e. The highest BCUT2D eigenvalue weighted by Crippen LogP contribution is 2.29. The Morgan fingerprint density at radius 1 is 1.24 bits per heavy atom. The van der Waals surface area contributed by atoms with E-state index in [4.69, 9.17) is 16.2 Å². The molecule has 1 aliphatic heterocycles. The van der Waals surface area contributed by atoms with E-state index >= 15 is 0 Å². The van der Waals surface area contributed by atoms with Gasteiger partial charge in [-0.1, -0.05) is 18.9 Å². The van der Waals surface area contributed by atoms with Crippen molar-refractivity contribution in [3.8, 4) is 5.75 Å². The molecule has 0 bridgehead atoms. The number of fused-ring (bicyclic) bond motifs is 1. The number of benzene rings is 1. The Kier molecular flexibility index (Phi) is 5.30. The van der Waals surface area contributed by atoms with Crippen LogP contribution in [0.5, 0.6) is 5.75 Å². The molecule has 0 radical (unpaired) electrons. The molecule has 152 valence electrons. The third-order valence-corrected chi connectivity index (χ3v) is 5.29. The molecule has 9 nitrogen and oxygen atoms in total. The van der Waals surface area contributed by atoms with Crippen LogP contribution in [0.1, 0.15) is 41.6 Å². The molecular weight excluding hydrogens is 372 g/mol. The zero-order valence-corrected chi connectivity index (χ0v) is 16.0. The number of ether oxygens (including phenoxy) is 1. The average Bonchev–Trinajstić information content (AvgIpc) is 2.70. The fourth-order valence-electron chi connectivity index (χ4n) is 3.70. The fourth-order valence-corrected chi connectivity index (χ4v) is 3.70. The molecule has 9 heteroatoms. The molecule has 2 atom stereocenters. The highest BCUT2D eigenvalue weighted by atomic mass is 16.5. The van der Waals surface area contributed by atoms with E-state index in [9.17, 15) is 9.59 Å². The first-order valence-electron chi connectivity index (χ1n) is 9.73. The number of carbonyl (C=O) groups is 2. The van der Waals surface area contributed by atoms with E-state index in [2.05, 4.69) is 20.6 Å². The van der Waals surface area contributed by atoms with Crippen molar-refractivity contribution in [2.24, 2.45) is 11.5 Å². The van der Waals surface area contributed by atoms with Gasteiger partial charge in [0.25, 0.3) is 5.91 Å². The van der Waals surface area contributed by atoms with Crippen molar-refractivity contribution in [2.75, 3.05) is 17.2 Å². The lowest BCUT2D eigenvalue weighted by molar-refractivity contribution is -0.121. The Morgan fingerprint density at radius 2 is 2.07 bits per heavy atom. The van der Waals surface area contributed by atoms with Crippen LogP contribution in [0.15, 0.2) is 24.4 Å². The third kappa shape index (κ3) is 4.29. The van der Waals surface area contributed by atoms with E-state index in [1.54, 1.807) is 12.1 Å². The SMILES string of the molecule is NC(=O)c1cnc(N[C@@H]2CCCC[C@@H]2N)nc1Nc1ccc2c(c1)OCC(=O)C2. The first kappa shape index (κ1) is 19.1. The molecule has 1 amide bonds. The number of anilines is 3. The Labute approximate surface area is 168 Å². The van der Waals surface area contributed by atoms with Crippen LogP contribution in [-0.2, 0) is 11.2 Å². The molecule has 2 aliphatic rings. The van der Waals surface area contributed by atoms with Gasteiger partial charge in [0.1, 0.15) is 23.7 Å². The van der Waals surface area contributed by atoms with E-state index < -0.39 is 5.91 Å². The normalized spacial score (nSPS) is 21.1. The summed E-state index contributed by atoms with van der Waals surface area (Å²) in [6, 6.07) is 5.53. The molecule has 1 aliphatic carbocycles. The summed E-state index contributed by atoms with van der Waals surface area (Å²) in [6.45, 7) is 0.0617. The fraction of sp³-hybridized carbons (Fsp3) is 0.400. The van der Waals surface area contributed by atoms with Crippen LogP contribution in [0.4, 0.5) is 17.5 Å². The summed E-state index contributed by atoms with van der Waals surface area (Å²) in [4.78, 5) is 32.0. The molecule has 1 fully saturated rings. The Morgan fingerprint density at radius 3 is 2.86 bits per heavy atom. The molecule has 29 heavy (non-hydrogen) atoms. The summed E-state index contributed by atoms with van der Waals surface area (Å²) < 4.78 is 5.49. The summed E-state index contributed by atoms with van der Waals surface area (Å²) in [5.74, 6) is 0.733. The molecule has 0 saturated heterocycles. The number of rotatable bonds is 5. The van der Waals surface area contributed by atoms with Crippen LogP contribution < -0.4 is 26.8 Å². The standard InChI is InChI=1S/C20H24N6O3/c21-15-3-1-2-4-16(15)25-20-23-9-14(18(22)28)19(26-20)24-12-6-5-11-7-13(27)10-29-17(11)8-12/h5-6,8-9,15-16H,1-4,7,10,21H2,(H2,22,28)(H2,23,24,25,26)/t15-,16+/m0/s1. The number of hydrogen-bond acceptors (Lipinski definition) is 8. The van der Waals surface area contributed by atoms with Gasteiger partial charge in [-0.05, 0) is 18.9 Å². The largest absolute Gasteiger partial charge is 0.485 e. The van der Waals surface area contributed by atoms with E-state index in [0.29, 0.717) is 29.6 Å². The minimum atomic E-state index is -0.631. The van der Waals surface area contributed by atoms with E-state index in [1.165, 1.54) is 6.20 Å². The molecule has 1 aromatic heterocycles. The predicted molar refractivity (Wildman–Crippen MR) is 108 cm³/mol. The lowest BCUT2D eigenvalue weighted by Crippen LogP contribution is -2.43. The summed E-state index contributed by atoms with van der Waals surface area (Å²) in [5.41, 5.74) is 13.4. The van der Waals surface area contributed by atoms with Crippen molar-refractivity contribution in [1.82, 2.24) is 9.97 Å². The van der Waals surface area contributed by atoms with Gasteiger partial charge in [0, 0.05) is 42.0 Å². The van der Waals surface area contributed by atoms with Gasteiger partial charge in [-0.25, -0.2) is 4.98 Å². The van der Waals surface area contributed by atoms with Crippen LogP contribution in [0, 0.1) is 0 Å². The zero-order valence-electron chi connectivity index (χ0n) is 16.0. The maximum absolute atomic E-state index is 11.8. The molecule has 1 aromatic carbocycles. The molecule has 6 N–H and O–H groups in total. The molecule has 4 rings (SSSR count). The minimum absolute atomic E-state index is 0.0417. The maximum atomic E-state index is 11.8. The number of ketones is 1. The molecule has 1 saturated carbocycles. The molecule has 0 spiro atoms. The van der Waals surface area contributed by atoms with Crippen LogP contribution in [0.2, 0.25) is 0 Å². The lowest BCUT2D eigenvalue weighted by Gasteiger charge is -2.29. The summed E-state index contributed by atoms with van der Waals surface area (Å²) >= 11 is 0. The van der Waals surface area contributed by atoms with Crippen LogP contribution >= 0.6 is 0 Å².